The molecule has 0 spiro atoms. The second kappa shape index (κ2) is 10.5. The Morgan fingerprint density at radius 1 is 1.32 bits per heavy atom. The highest BCUT2D eigenvalue weighted by Gasteiger charge is 2.27. The third kappa shape index (κ3) is 5.47. The van der Waals surface area contributed by atoms with Gasteiger partial charge in [-0.3, -0.25) is 9.36 Å². The van der Waals surface area contributed by atoms with Crippen molar-refractivity contribution in [1.82, 2.24) is 14.5 Å². The third-order valence-corrected chi connectivity index (χ3v) is 6.00. The molecule has 0 unspecified atom stereocenters. The van der Waals surface area contributed by atoms with E-state index in [0.29, 0.717) is 28.8 Å². The fourth-order valence-corrected chi connectivity index (χ4v) is 4.35. The van der Waals surface area contributed by atoms with Gasteiger partial charge in [0.2, 0.25) is 5.91 Å². The van der Waals surface area contributed by atoms with Gasteiger partial charge in [0.05, 0.1) is 36.8 Å². The molecule has 1 saturated heterocycles. The predicted molar refractivity (Wildman–Crippen MR) is 114 cm³/mol. The average molecular weight is 466 g/mol. The first kappa shape index (κ1) is 22.9. The van der Waals surface area contributed by atoms with Crippen LogP contribution in [-0.2, 0) is 19.1 Å². The number of amides is 1. The summed E-state index contributed by atoms with van der Waals surface area (Å²) in [5, 5.41) is 1.08. The number of nitrogens with zero attached hydrogens (tertiary/aromatic N) is 3. The summed E-state index contributed by atoms with van der Waals surface area (Å²) < 4.78 is 24.8. The molecular formula is C20H20FN3O5S2. The maximum absolute atomic E-state index is 13.3. The van der Waals surface area contributed by atoms with Gasteiger partial charge in [0.25, 0.3) is 0 Å². The van der Waals surface area contributed by atoms with E-state index in [1.54, 1.807) is 16.7 Å². The van der Waals surface area contributed by atoms with E-state index in [0.717, 1.165) is 0 Å². The Kier molecular flexibility index (Phi) is 7.75. The molecule has 2 heterocycles. The van der Waals surface area contributed by atoms with Crippen molar-refractivity contribution in [3.05, 3.63) is 53.1 Å². The van der Waals surface area contributed by atoms with Gasteiger partial charge in [0, 0.05) is 12.2 Å². The van der Waals surface area contributed by atoms with E-state index in [4.69, 9.17) is 4.74 Å². The SMILES string of the molecule is COC(=O)/C=C1/SCC(=O)N1CCCOC(=O)c1cnc(SC)n1-c1ccc(F)cc1. The summed E-state index contributed by atoms with van der Waals surface area (Å²) in [4.78, 5) is 41.8. The largest absolute Gasteiger partial charge is 0.466 e. The fraction of sp³-hybridized carbons (Fsp3) is 0.300. The quantitative estimate of drug-likeness (QED) is 0.254. The van der Waals surface area contributed by atoms with E-state index < -0.39 is 11.9 Å². The minimum atomic E-state index is -0.579. The number of hydrogen-bond acceptors (Lipinski definition) is 8. The first-order chi connectivity index (χ1) is 14.9. The number of thioether (sulfide) groups is 2. The number of aromatic nitrogens is 2. The lowest BCUT2D eigenvalue weighted by Gasteiger charge is -2.16. The molecule has 1 aliphatic rings. The van der Waals surface area contributed by atoms with Gasteiger partial charge >= 0.3 is 11.9 Å². The molecule has 0 N–H and O–H groups in total. The van der Waals surface area contributed by atoms with Crippen molar-refractivity contribution >= 4 is 41.4 Å². The summed E-state index contributed by atoms with van der Waals surface area (Å²) in [6.07, 6.45) is 4.89. The van der Waals surface area contributed by atoms with Crippen LogP contribution in [0.5, 0.6) is 0 Å². The van der Waals surface area contributed by atoms with E-state index in [-0.39, 0.29) is 29.8 Å². The zero-order chi connectivity index (χ0) is 22.4. The molecule has 31 heavy (non-hydrogen) atoms. The van der Waals surface area contributed by atoms with Gasteiger partial charge in [-0.25, -0.2) is 19.0 Å². The average Bonchev–Trinajstić information content (AvgIpc) is 3.35. The summed E-state index contributed by atoms with van der Waals surface area (Å²) in [5.74, 6) is -1.37. The lowest BCUT2D eigenvalue weighted by molar-refractivity contribution is -0.134. The summed E-state index contributed by atoms with van der Waals surface area (Å²) in [7, 11) is 1.27. The summed E-state index contributed by atoms with van der Waals surface area (Å²) in [6, 6.07) is 5.72. The number of rotatable bonds is 8. The number of carbonyl (C=O) groups is 3. The van der Waals surface area contributed by atoms with E-state index >= 15 is 0 Å². The Hall–Kier alpha value is -2.79. The second-order valence-electron chi connectivity index (χ2n) is 6.27. The van der Waals surface area contributed by atoms with Crippen molar-refractivity contribution in [1.29, 1.82) is 0 Å². The van der Waals surface area contributed by atoms with Crippen LogP contribution in [-0.4, -0.2) is 64.6 Å². The highest BCUT2D eigenvalue weighted by Crippen LogP contribution is 2.29. The smallest absolute Gasteiger partial charge is 0.357 e. The molecule has 0 bridgehead atoms. The molecule has 1 amide bonds. The number of esters is 2. The van der Waals surface area contributed by atoms with Gasteiger partial charge in [0.1, 0.15) is 5.82 Å². The van der Waals surface area contributed by atoms with Crippen LogP contribution in [0.3, 0.4) is 0 Å². The molecule has 164 valence electrons. The number of carbonyl (C=O) groups excluding carboxylic acids is 3. The van der Waals surface area contributed by atoms with Crippen LogP contribution in [0.1, 0.15) is 16.9 Å². The molecule has 1 fully saturated rings. The number of halogens is 1. The normalized spacial score (nSPS) is 14.9. The Balaban J connectivity index is 1.62. The topological polar surface area (TPSA) is 90.7 Å². The van der Waals surface area contributed by atoms with Gasteiger partial charge in [-0.15, -0.1) is 0 Å². The summed E-state index contributed by atoms with van der Waals surface area (Å²) >= 11 is 2.60. The molecule has 0 aliphatic carbocycles. The number of hydrogen-bond donors (Lipinski definition) is 0. The Labute approximate surface area is 186 Å². The zero-order valence-corrected chi connectivity index (χ0v) is 18.5. The van der Waals surface area contributed by atoms with Crippen molar-refractivity contribution in [3.63, 3.8) is 0 Å². The van der Waals surface area contributed by atoms with E-state index in [1.165, 1.54) is 59.9 Å². The van der Waals surface area contributed by atoms with Gasteiger partial charge in [-0.2, -0.15) is 0 Å². The number of methoxy groups -OCH3 is 1. The minimum Gasteiger partial charge on any atom is -0.466 e. The molecule has 0 atom stereocenters. The van der Waals surface area contributed by atoms with Crippen LogP contribution in [0.25, 0.3) is 5.69 Å². The van der Waals surface area contributed by atoms with E-state index in [2.05, 4.69) is 9.72 Å². The molecule has 1 aromatic heterocycles. The Morgan fingerprint density at radius 2 is 2.06 bits per heavy atom. The number of ether oxygens (including phenoxy) is 2. The van der Waals surface area contributed by atoms with Gasteiger partial charge in [-0.1, -0.05) is 23.5 Å². The standard InChI is InChI=1S/C20H20FN3O5S2/c1-28-18(26)10-17-23(16(25)12-31-17)8-3-9-29-19(27)15-11-22-20(30-2)24(15)14-6-4-13(21)5-7-14/h4-7,10-11H,3,8-9,12H2,1-2H3/b17-10+. The Morgan fingerprint density at radius 3 is 2.74 bits per heavy atom. The van der Waals surface area contributed by atoms with Crippen LogP contribution in [0.2, 0.25) is 0 Å². The predicted octanol–water partition coefficient (Wildman–Crippen LogP) is 2.87. The molecule has 11 heteroatoms. The highest BCUT2D eigenvalue weighted by molar-refractivity contribution is 8.04. The van der Waals surface area contributed by atoms with Gasteiger partial charge in [-0.05, 0) is 36.9 Å². The second-order valence-corrected chi connectivity index (χ2v) is 8.04. The molecule has 0 saturated carbocycles. The van der Waals surface area contributed by atoms with Crippen LogP contribution >= 0.6 is 23.5 Å². The first-order valence-corrected chi connectivity index (χ1v) is 11.4. The Bertz CT molecular complexity index is 1010. The van der Waals surface area contributed by atoms with Gasteiger partial charge in [0.15, 0.2) is 10.9 Å². The molecule has 1 aromatic carbocycles. The van der Waals surface area contributed by atoms with Gasteiger partial charge < -0.3 is 14.4 Å². The van der Waals surface area contributed by atoms with Crippen molar-refractivity contribution in [2.75, 3.05) is 32.3 Å². The number of imidazole rings is 1. The summed E-state index contributed by atoms with van der Waals surface area (Å²) in [5.41, 5.74) is 0.808. The minimum absolute atomic E-state index is 0.0714. The third-order valence-electron chi connectivity index (χ3n) is 4.32. The van der Waals surface area contributed by atoms with E-state index in [9.17, 15) is 18.8 Å². The van der Waals surface area contributed by atoms with Crippen LogP contribution in [0.15, 0.2) is 46.7 Å². The van der Waals surface area contributed by atoms with Crippen LogP contribution < -0.4 is 0 Å². The maximum Gasteiger partial charge on any atom is 0.357 e. The lowest BCUT2D eigenvalue weighted by Crippen LogP contribution is -2.27. The molecule has 8 nitrogen and oxygen atoms in total. The monoisotopic (exact) mass is 465 g/mol. The molecule has 2 aromatic rings. The fourth-order valence-electron chi connectivity index (χ4n) is 2.85. The van der Waals surface area contributed by atoms with E-state index in [1.807, 2.05) is 6.26 Å². The maximum atomic E-state index is 13.3. The molecule has 3 rings (SSSR count). The zero-order valence-electron chi connectivity index (χ0n) is 16.9. The van der Waals surface area contributed by atoms with Crippen molar-refractivity contribution in [3.8, 4) is 5.69 Å². The lowest BCUT2D eigenvalue weighted by atomic mass is 10.3. The van der Waals surface area contributed by atoms with Crippen molar-refractivity contribution in [2.45, 2.75) is 11.6 Å². The molecule has 1 aliphatic heterocycles. The van der Waals surface area contributed by atoms with Crippen LogP contribution in [0.4, 0.5) is 4.39 Å². The first-order valence-electron chi connectivity index (χ1n) is 9.22. The molecular weight excluding hydrogens is 445 g/mol. The number of benzene rings is 1. The van der Waals surface area contributed by atoms with Crippen molar-refractivity contribution in [2.24, 2.45) is 0 Å². The van der Waals surface area contributed by atoms with Crippen LogP contribution in [0, 0.1) is 5.82 Å². The highest BCUT2D eigenvalue weighted by atomic mass is 32.2. The molecule has 0 radical (unpaired) electrons. The summed E-state index contributed by atoms with van der Waals surface area (Å²) in [6.45, 7) is 0.372. The van der Waals surface area contributed by atoms with Crippen molar-refractivity contribution < 1.29 is 28.2 Å².